The Labute approximate surface area is 113 Å². The highest BCUT2D eigenvalue weighted by molar-refractivity contribution is 5.38. The van der Waals surface area contributed by atoms with Crippen molar-refractivity contribution in [1.29, 1.82) is 0 Å². The Hall–Kier alpha value is -1.87. The lowest BCUT2D eigenvalue weighted by molar-refractivity contribution is 0.410. The fourth-order valence-electron chi connectivity index (χ4n) is 2.10. The molecule has 3 heteroatoms. The zero-order valence-corrected chi connectivity index (χ0v) is 11.2. The minimum absolute atomic E-state index is 0.170. The van der Waals surface area contributed by atoms with E-state index in [4.69, 9.17) is 10.5 Å². The van der Waals surface area contributed by atoms with Crippen LogP contribution >= 0.6 is 0 Å². The van der Waals surface area contributed by atoms with Gasteiger partial charge in [-0.25, -0.2) is 4.39 Å². The molecular formula is C16H18FNO. The van der Waals surface area contributed by atoms with Crippen LogP contribution in [-0.4, -0.2) is 7.11 Å². The number of hydrogen-bond acceptors (Lipinski definition) is 2. The Balaban J connectivity index is 2.18. The van der Waals surface area contributed by atoms with Gasteiger partial charge in [0.05, 0.1) is 7.11 Å². The highest BCUT2D eigenvalue weighted by Crippen LogP contribution is 2.24. The first-order valence-electron chi connectivity index (χ1n) is 6.24. The van der Waals surface area contributed by atoms with E-state index in [-0.39, 0.29) is 11.9 Å². The number of hydrogen-bond donors (Lipinski definition) is 1. The molecule has 0 bridgehead atoms. The molecule has 0 saturated heterocycles. The van der Waals surface area contributed by atoms with Crippen molar-refractivity contribution in [3.63, 3.8) is 0 Å². The summed E-state index contributed by atoms with van der Waals surface area (Å²) in [7, 11) is 1.64. The van der Waals surface area contributed by atoms with E-state index < -0.39 is 0 Å². The van der Waals surface area contributed by atoms with Gasteiger partial charge >= 0.3 is 0 Å². The van der Waals surface area contributed by atoms with Crippen LogP contribution in [0.1, 0.15) is 22.7 Å². The molecular weight excluding hydrogens is 241 g/mol. The predicted molar refractivity (Wildman–Crippen MR) is 74.8 cm³/mol. The van der Waals surface area contributed by atoms with Crippen LogP contribution in [0.5, 0.6) is 5.75 Å². The summed E-state index contributed by atoms with van der Waals surface area (Å²) in [5.74, 6) is 0.596. The Bertz CT molecular complexity index is 568. The Morgan fingerprint density at radius 2 is 2.00 bits per heavy atom. The molecule has 0 spiro atoms. The second-order valence-corrected chi connectivity index (χ2v) is 4.67. The number of nitrogens with two attached hydrogens (primary N) is 1. The largest absolute Gasteiger partial charge is 0.496 e. The maximum Gasteiger partial charge on any atom is 0.123 e. The summed E-state index contributed by atoms with van der Waals surface area (Å²) >= 11 is 0. The standard InChI is InChI=1S/C16H18FNO/c1-11-6-7-13(10-16(11)19-2)15(18)9-12-4-3-5-14(17)8-12/h3-8,10,15H,9,18H2,1-2H3. The van der Waals surface area contributed by atoms with Crippen molar-refractivity contribution in [2.45, 2.75) is 19.4 Å². The highest BCUT2D eigenvalue weighted by Gasteiger charge is 2.10. The highest BCUT2D eigenvalue weighted by atomic mass is 19.1. The summed E-state index contributed by atoms with van der Waals surface area (Å²) in [5, 5.41) is 0. The Kier molecular flexibility index (Phi) is 4.17. The quantitative estimate of drug-likeness (QED) is 0.913. The molecule has 2 N–H and O–H groups in total. The third-order valence-corrected chi connectivity index (χ3v) is 3.20. The lowest BCUT2D eigenvalue weighted by atomic mass is 9.98. The first-order valence-corrected chi connectivity index (χ1v) is 6.24. The lowest BCUT2D eigenvalue weighted by Crippen LogP contribution is -2.13. The van der Waals surface area contributed by atoms with Crippen molar-refractivity contribution >= 4 is 0 Å². The molecule has 0 heterocycles. The minimum atomic E-state index is -0.230. The van der Waals surface area contributed by atoms with E-state index in [1.54, 1.807) is 13.2 Å². The fourth-order valence-corrected chi connectivity index (χ4v) is 2.10. The van der Waals surface area contributed by atoms with Crippen LogP contribution in [0.3, 0.4) is 0 Å². The van der Waals surface area contributed by atoms with Crippen molar-refractivity contribution in [3.05, 3.63) is 65.0 Å². The molecule has 2 aromatic carbocycles. The second kappa shape index (κ2) is 5.85. The number of halogens is 1. The van der Waals surface area contributed by atoms with Gasteiger partial charge in [-0.15, -0.1) is 0 Å². The van der Waals surface area contributed by atoms with Gasteiger partial charge in [-0.05, 0) is 48.2 Å². The maximum atomic E-state index is 13.1. The number of methoxy groups -OCH3 is 1. The molecule has 100 valence electrons. The lowest BCUT2D eigenvalue weighted by Gasteiger charge is -2.14. The zero-order chi connectivity index (χ0) is 13.8. The second-order valence-electron chi connectivity index (χ2n) is 4.67. The summed E-state index contributed by atoms with van der Waals surface area (Å²) < 4.78 is 18.4. The predicted octanol–water partition coefficient (Wildman–Crippen LogP) is 3.39. The van der Waals surface area contributed by atoms with Crippen molar-refractivity contribution in [3.8, 4) is 5.75 Å². The van der Waals surface area contributed by atoms with E-state index in [2.05, 4.69) is 0 Å². The molecule has 19 heavy (non-hydrogen) atoms. The molecule has 0 fully saturated rings. The van der Waals surface area contributed by atoms with E-state index in [1.165, 1.54) is 12.1 Å². The van der Waals surface area contributed by atoms with E-state index in [1.807, 2.05) is 31.2 Å². The first kappa shape index (κ1) is 13.6. The van der Waals surface area contributed by atoms with Crippen LogP contribution in [-0.2, 0) is 6.42 Å². The molecule has 0 aliphatic heterocycles. The molecule has 2 aromatic rings. The van der Waals surface area contributed by atoms with Crippen molar-refractivity contribution in [1.82, 2.24) is 0 Å². The number of rotatable bonds is 4. The third kappa shape index (κ3) is 3.32. The summed E-state index contributed by atoms with van der Waals surface area (Å²) in [6.45, 7) is 1.99. The van der Waals surface area contributed by atoms with Gasteiger partial charge in [-0.2, -0.15) is 0 Å². The van der Waals surface area contributed by atoms with E-state index in [9.17, 15) is 4.39 Å². The van der Waals surface area contributed by atoms with Gasteiger partial charge in [-0.1, -0.05) is 24.3 Å². The molecule has 0 amide bonds. The van der Waals surface area contributed by atoms with Crippen LogP contribution in [0.25, 0.3) is 0 Å². The zero-order valence-electron chi connectivity index (χ0n) is 11.2. The van der Waals surface area contributed by atoms with Crippen molar-refractivity contribution in [2.24, 2.45) is 5.73 Å². The molecule has 1 atom stereocenters. The van der Waals surface area contributed by atoms with Gasteiger partial charge in [0, 0.05) is 6.04 Å². The van der Waals surface area contributed by atoms with Crippen LogP contribution < -0.4 is 10.5 Å². The van der Waals surface area contributed by atoms with E-state index >= 15 is 0 Å². The summed E-state index contributed by atoms with van der Waals surface area (Å²) in [6.07, 6.45) is 0.601. The first-order chi connectivity index (χ1) is 9.10. The smallest absolute Gasteiger partial charge is 0.123 e. The molecule has 0 aromatic heterocycles. The molecule has 2 rings (SSSR count). The number of benzene rings is 2. The van der Waals surface area contributed by atoms with Gasteiger partial charge in [0.1, 0.15) is 11.6 Å². The van der Waals surface area contributed by atoms with Gasteiger partial charge in [0.25, 0.3) is 0 Å². The summed E-state index contributed by atoms with van der Waals surface area (Å²) in [4.78, 5) is 0. The van der Waals surface area contributed by atoms with Crippen molar-refractivity contribution in [2.75, 3.05) is 7.11 Å². The van der Waals surface area contributed by atoms with Gasteiger partial charge in [-0.3, -0.25) is 0 Å². The van der Waals surface area contributed by atoms with Crippen LogP contribution in [0, 0.1) is 12.7 Å². The van der Waals surface area contributed by atoms with Crippen molar-refractivity contribution < 1.29 is 9.13 Å². The molecule has 0 aliphatic rings. The van der Waals surface area contributed by atoms with E-state index in [0.717, 1.165) is 22.4 Å². The fraction of sp³-hybridized carbons (Fsp3) is 0.250. The van der Waals surface area contributed by atoms with Gasteiger partial charge < -0.3 is 10.5 Å². The molecule has 1 unspecified atom stereocenters. The van der Waals surface area contributed by atoms with E-state index in [0.29, 0.717) is 6.42 Å². The SMILES string of the molecule is COc1cc(C(N)Cc2cccc(F)c2)ccc1C. The van der Waals surface area contributed by atoms with Crippen LogP contribution in [0.2, 0.25) is 0 Å². The topological polar surface area (TPSA) is 35.2 Å². The molecule has 0 radical (unpaired) electrons. The average molecular weight is 259 g/mol. The monoisotopic (exact) mass is 259 g/mol. The Morgan fingerprint density at radius 1 is 1.21 bits per heavy atom. The third-order valence-electron chi connectivity index (χ3n) is 3.20. The number of ether oxygens (including phenoxy) is 1. The molecule has 2 nitrogen and oxygen atoms in total. The normalized spacial score (nSPS) is 12.2. The Morgan fingerprint density at radius 3 is 2.68 bits per heavy atom. The van der Waals surface area contributed by atoms with Crippen LogP contribution in [0.15, 0.2) is 42.5 Å². The molecule has 0 saturated carbocycles. The minimum Gasteiger partial charge on any atom is -0.496 e. The van der Waals surface area contributed by atoms with Gasteiger partial charge in [0.2, 0.25) is 0 Å². The van der Waals surface area contributed by atoms with Crippen LogP contribution in [0.4, 0.5) is 4.39 Å². The summed E-state index contributed by atoms with van der Waals surface area (Å²) in [5.41, 5.74) is 9.13. The number of aryl methyl sites for hydroxylation is 1. The summed E-state index contributed by atoms with van der Waals surface area (Å²) in [6, 6.07) is 12.3. The average Bonchev–Trinajstić information content (AvgIpc) is 2.39. The molecule has 0 aliphatic carbocycles. The van der Waals surface area contributed by atoms with Gasteiger partial charge in [0.15, 0.2) is 0 Å². The maximum absolute atomic E-state index is 13.1.